The normalized spacial score (nSPS) is 34.1. The van der Waals surface area contributed by atoms with E-state index in [1.54, 1.807) is 0 Å². The van der Waals surface area contributed by atoms with Gasteiger partial charge in [0.05, 0.1) is 6.10 Å². The molecule has 5 heteroatoms. The summed E-state index contributed by atoms with van der Waals surface area (Å²) in [4.78, 5) is 10.3. The van der Waals surface area contributed by atoms with Crippen molar-refractivity contribution in [3.63, 3.8) is 0 Å². The Hall–Kier alpha value is -0.710. The second-order valence-corrected chi connectivity index (χ2v) is 5.18. The Morgan fingerprint density at radius 2 is 1.76 bits per heavy atom. The van der Waals surface area contributed by atoms with Gasteiger partial charge >= 0.3 is 12.1 Å². The van der Waals surface area contributed by atoms with Crippen molar-refractivity contribution in [2.45, 2.75) is 57.2 Å². The number of halogens is 2. The van der Waals surface area contributed by atoms with Crippen LogP contribution in [0.3, 0.4) is 0 Å². The molecule has 2 fully saturated rings. The number of ether oxygens (including phenoxy) is 1. The first-order chi connectivity index (χ1) is 7.99. The molecular weight excluding hydrogens is 230 g/mol. The predicted molar refractivity (Wildman–Crippen MR) is 56.8 cm³/mol. The van der Waals surface area contributed by atoms with Gasteiger partial charge in [0.1, 0.15) is 0 Å². The maximum atomic E-state index is 12.9. The fraction of sp³-hybridized carbons (Fsp3) is 0.917. The van der Waals surface area contributed by atoms with Crippen molar-refractivity contribution >= 4 is 5.97 Å². The van der Waals surface area contributed by atoms with Crippen LogP contribution in [-0.2, 0) is 9.53 Å². The van der Waals surface area contributed by atoms with Crippen molar-refractivity contribution in [3.8, 4) is 0 Å². The molecule has 0 saturated heterocycles. The Morgan fingerprint density at radius 3 is 2.41 bits per heavy atom. The SMILES string of the molecule is O=C(O)C(F)(F)OC1CCC2CCCCC2C1. The highest BCUT2D eigenvalue weighted by Crippen LogP contribution is 2.42. The molecular formula is C12H18F2O3. The van der Waals surface area contributed by atoms with Crippen LogP contribution in [0.5, 0.6) is 0 Å². The lowest BCUT2D eigenvalue weighted by atomic mass is 9.70. The van der Waals surface area contributed by atoms with E-state index in [2.05, 4.69) is 4.74 Å². The lowest BCUT2D eigenvalue weighted by Gasteiger charge is -2.39. The summed E-state index contributed by atoms with van der Waals surface area (Å²) in [7, 11) is 0. The molecule has 1 N–H and O–H groups in total. The van der Waals surface area contributed by atoms with Crippen LogP contribution < -0.4 is 0 Å². The largest absolute Gasteiger partial charge is 0.475 e. The minimum absolute atomic E-state index is 0.451. The third-order valence-electron chi connectivity index (χ3n) is 4.06. The first-order valence-corrected chi connectivity index (χ1v) is 6.28. The zero-order valence-corrected chi connectivity index (χ0v) is 9.70. The number of rotatable bonds is 3. The van der Waals surface area contributed by atoms with E-state index in [9.17, 15) is 13.6 Å². The molecule has 3 nitrogen and oxygen atoms in total. The molecule has 0 spiro atoms. The van der Waals surface area contributed by atoms with Gasteiger partial charge in [0.2, 0.25) is 0 Å². The molecule has 0 aromatic heterocycles. The van der Waals surface area contributed by atoms with Crippen LogP contribution in [0.1, 0.15) is 44.9 Å². The highest BCUT2D eigenvalue weighted by atomic mass is 19.3. The predicted octanol–water partition coefficient (Wildman–Crippen LogP) is 3.04. The molecule has 2 aliphatic rings. The quantitative estimate of drug-likeness (QED) is 0.835. The minimum Gasteiger partial charge on any atom is -0.475 e. The highest BCUT2D eigenvalue weighted by Gasteiger charge is 2.45. The number of carboxylic acids is 1. The fourth-order valence-corrected chi connectivity index (χ4v) is 3.20. The van der Waals surface area contributed by atoms with Crippen molar-refractivity contribution < 1.29 is 23.4 Å². The molecule has 2 rings (SSSR count). The van der Waals surface area contributed by atoms with Gasteiger partial charge in [-0.15, -0.1) is 0 Å². The molecule has 0 aliphatic heterocycles. The Labute approximate surface area is 99.1 Å². The van der Waals surface area contributed by atoms with Crippen LogP contribution in [0, 0.1) is 11.8 Å². The molecule has 3 unspecified atom stereocenters. The number of fused-ring (bicyclic) bond motifs is 1. The smallest absolute Gasteiger partial charge is 0.456 e. The maximum absolute atomic E-state index is 12.9. The Kier molecular flexibility index (Phi) is 3.66. The zero-order chi connectivity index (χ0) is 12.5. The van der Waals surface area contributed by atoms with Gasteiger partial charge in [-0.05, 0) is 31.1 Å². The van der Waals surface area contributed by atoms with Crippen LogP contribution in [0.2, 0.25) is 0 Å². The van der Waals surface area contributed by atoms with Crippen molar-refractivity contribution in [3.05, 3.63) is 0 Å². The lowest BCUT2D eigenvalue weighted by Crippen LogP contribution is -2.40. The van der Waals surface area contributed by atoms with Crippen LogP contribution in [0.15, 0.2) is 0 Å². The lowest BCUT2D eigenvalue weighted by molar-refractivity contribution is -0.268. The number of hydrogen-bond donors (Lipinski definition) is 1. The topological polar surface area (TPSA) is 46.5 Å². The molecule has 0 radical (unpaired) electrons. The molecule has 0 aromatic rings. The number of carbonyl (C=O) groups is 1. The van der Waals surface area contributed by atoms with Gasteiger partial charge in [-0.25, -0.2) is 4.79 Å². The molecule has 0 aromatic carbocycles. The molecule has 0 bridgehead atoms. The highest BCUT2D eigenvalue weighted by molar-refractivity contribution is 5.73. The molecule has 98 valence electrons. The summed E-state index contributed by atoms with van der Waals surface area (Å²) in [6, 6.07) is 0. The molecule has 0 amide bonds. The Morgan fingerprint density at radius 1 is 1.12 bits per heavy atom. The fourth-order valence-electron chi connectivity index (χ4n) is 3.20. The summed E-state index contributed by atoms with van der Waals surface area (Å²) in [5, 5.41) is 8.33. The molecule has 0 heterocycles. The second kappa shape index (κ2) is 4.88. The molecule has 2 aliphatic carbocycles. The summed E-state index contributed by atoms with van der Waals surface area (Å²) >= 11 is 0. The van der Waals surface area contributed by atoms with Gasteiger partial charge in [0.15, 0.2) is 0 Å². The average molecular weight is 248 g/mol. The van der Waals surface area contributed by atoms with Gasteiger partial charge in [-0.2, -0.15) is 8.78 Å². The zero-order valence-electron chi connectivity index (χ0n) is 9.70. The first kappa shape index (κ1) is 12.7. The van der Waals surface area contributed by atoms with Crippen LogP contribution in [0.4, 0.5) is 8.78 Å². The number of alkyl halides is 2. The van der Waals surface area contributed by atoms with Crippen molar-refractivity contribution in [1.29, 1.82) is 0 Å². The van der Waals surface area contributed by atoms with Crippen molar-refractivity contribution in [1.82, 2.24) is 0 Å². The number of aliphatic carboxylic acids is 1. The van der Waals surface area contributed by atoms with E-state index in [4.69, 9.17) is 5.11 Å². The third kappa shape index (κ3) is 2.94. The third-order valence-corrected chi connectivity index (χ3v) is 4.06. The summed E-state index contributed by atoms with van der Waals surface area (Å²) in [5.41, 5.74) is 0. The van der Waals surface area contributed by atoms with E-state index >= 15 is 0 Å². The van der Waals surface area contributed by atoms with E-state index in [0.717, 1.165) is 19.3 Å². The standard InChI is InChI=1S/C12H18F2O3/c13-12(14,11(15)16)17-10-6-5-8-3-1-2-4-9(8)7-10/h8-10H,1-7H2,(H,15,16). The van der Waals surface area contributed by atoms with Gasteiger partial charge in [0.25, 0.3) is 0 Å². The van der Waals surface area contributed by atoms with Gasteiger partial charge in [-0.3, -0.25) is 0 Å². The number of carboxylic acid groups (broad SMARTS) is 1. The van der Waals surface area contributed by atoms with E-state index in [1.165, 1.54) is 12.8 Å². The Balaban J connectivity index is 1.89. The minimum atomic E-state index is -4.04. The van der Waals surface area contributed by atoms with Crippen molar-refractivity contribution in [2.75, 3.05) is 0 Å². The van der Waals surface area contributed by atoms with Crippen LogP contribution in [-0.4, -0.2) is 23.3 Å². The van der Waals surface area contributed by atoms with Crippen LogP contribution >= 0.6 is 0 Å². The maximum Gasteiger partial charge on any atom is 0.456 e. The first-order valence-electron chi connectivity index (χ1n) is 6.28. The van der Waals surface area contributed by atoms with E-state index in [-0.39, 0.29) is 0 Å². The summed E-state index contributed by atoms with van der Waals surface area (Å²) < 4.78 is 30.3. The molecule has 3 atom stereocenters. The van der Waals surface area contributed by atoms with E-state index in [0.29, 0.717) is 24.7 Å². The summed E-state index contributed by atoms with van der Waals surface area (Å²) in [5.74, 6) is -1.10. The molecule has 17 heavy (non-hydrogen) atoms. The monoisotopic (exact) mass is 248 g/mol. The van der Waals surface area contributed by atoms with Gasteiger partial charge in [-0.1, -0.05) is 25.7 Å². The average Bonchev–Trinajstić information content (AvgIpc) is 2.28. The van der Waals surface area contributed by atoms with Gasteiger partial charge in [0, 0.05) is 0 Å². The van der Waals surface area contributed by atoms with Crippen LogP contribution in [0.25, 0.3) is 0 Å². The Bertz CT molecular complexity index is 293. The number of hydrogen-bond acceptors (Lipinski definition) is 2. The summed E-state index contributed by atoms with van der Waals surface area (Å²) in [6.45, 7) is 0. The van der Waals surface area contributed by atoms with Crippen molar-refractivity contribution in [2.24, 2.45) is 11.8 Å². The van der Waals surface area contributed by atoms with E-state index < -0.39 is 18.2 Å². The molecule has 2 saturated carbocycles. The second-order valence-electron chi connectivity index (χ2n) is 5.18. The summed E-state index contributed by atoms with van der Waals surface area (Å²) in [6.07, 6.45) is 2.06. The van der Waals surface area contributed by atoms with Gasteiger partial charge < -0.3 is 9.84 Å². The van der Waals surface area contributed by atoms with E-state index in [1.807, 2.05) is 0 Å².